The van der Waals surface area contributed by atoms with Gasteiger partial charge in [-0.15, -0.1) is 0 Å². The van der Waals surface area contributed by atoms with Crippen LogP contribution in [0, 0.1) is 17.8 Å². The molecule has 8 heteroatoms. The highest BCUT2D eigenvalue weighted by Crippen LogP contribution is 2.55. The monoisotopic (exact) mass is 424 g/mol. The number of hydrogen-bond acceptors (Lipinski definition) is 2. The highest BCUT2D eigenvalue weighted by Gasteiger charge is 2.51. The molecule has 1 aliphatic heterocycles. The maximum absolute atomic E-state index is 12.8. The number of pyridine rings is 1. The molecule has 5 aliphatic rings. The fourth-order valence-electron chi connectivity index (χ4n) is 6.86. The summed E-state index contributed by atoms with van der Waals surface area (Å²) >= 11 is 0. The van der Waals surface area contributed by atoms with Crippen molar-refractivity contribution >= 4 is 11.7 Å². The largest absolute Gasteiger partial charge is 0.419 e. The molecule has 5 nitrogen and oxygen atoms in total. The number of quaternary nitrogens is 1. The number of rotatable bonds is 4. The highest BCUT2D eigenvalue weighted by molar-refractivity contribution is 5.77. The van der Waals surface area contributed by atoms with Crippen molar-refractivity contribution in [3.63, 3.8) is 0 Å². The molecular formula is C22H31F3N4O+2. The van der Waals surface area contributed by atoms with E-state index in [2.05, 4.69) is 15.2 Å². The third kappa shape index (κ3) is 4.03. The number of nitrogens with one attached hydrogen (secondary N) is 3. The molecule has 4 bridgehead atoms. The number of H-pyrrole nitrogens is 1. The summed E-state index contributed by atoms with van der Waals surface area (Å²) < 4.78 is 38.2. The first-order valence-electron chi connectivity index (χ1n) is 11.3. The lowest BCUT2D eigenvalue weighted by atomic mass is 9.53. The molecule has 4 aliphatic carbocycles. The summed E-state index contributed by atoms with van der Waals surface area (Å²) in [6.45, 7) is 3.56. The molecule has 0 aromatic carbocycles. The van der Waals surface area contributed by atoms with Crippen LogP contribution in [0.5, 0.6) is 0 Å². The second-order valence-electron chi connectivity index (χ2n) is 10.1. The Morgan fingerprint density at radius 2 is 1.70 bits per heavy atom. The van der Waals surface area contributed by atoms with Gasteiger partial charge in [0.15, 0.2) is 6.54 Å². The summed E-state index contributed by atoms with van der Waals surface area (Å²) in [4.78, 5) is 18.9. The molecule has 30 heavy (non-hydrogen) atoms. The van der Waals surface area contributed by atoms with Crippen molar-refractivity contribution in [1.82, 2.24) is 5.32 Å². The number of anilines is 1. The first-order valence-corrected chi connectivity index (χ1v) is 11.3. The molecule has 5 fully saturated rings. The maximum atomic E-state index is 12.8. The number of carbonyl (C=O) groups is 1. The Balaban J connectivity index is 1.12. The van der Waals surface area contributed by atoms with Crippen LogP contribution in [0.1, 0.15) is 44.1 Å². The van der Waals surface area contributed by atoms with E-state index in [1.54, 1.807) is 0 Å². The van der Waals surface area contributed by atoms with Gasteiger partial charge >= 0.3 is 6.18 Å². The average Bonchev–Trinajstić information content (AvgIpc) is 2.66. The number of halogens is 3. The number of nitrogens with zero attached hydrogens (tertiary/aromatic N) is 1. The lowest BCUT2D eigenvalue weighted by molar-refractivity contribution is -0.892. The first kappa shape index (κ1) is 20.1. The van der Waals surface area contributed by atoms with Crippen LogP contribution in [0.4, 0.5) is 19.0 Å². The second kappa shape index (κ2) is 7.39. The van der Waals surface area contributed by atoms with Gasteiger partial charge in [0.25, 0.3) is 11.7 Å². The van der Waals surface area contributed by atoms with Gasteiger partial charge in [-0.3, -0.25) is 9.69 Å². The van der Waals surface area contributed by atoms with Crippen molar-refractivity contribution in [2.45, 2.75) is 50.2 Å². The summed E-state index contributed by atoms with van der Waals surface area (Å²) in [7, 11) is 0. The van der Waals surface area contributed by atoms with Gasteiger partial charge in [-0.2, -0.15) is 13.2 Å². The Hall–Kier alpha value is -1.83. The Morgan fingerprint density at radius 3 is 2.20 bits per heavy atom. The molecule has 6 rings (SSSR count). The quantitative estimate of drug-likeness (QED) is 0.766. The van der Waals surface area contributed by atoms with Crippen molar-refractivity contribution in [3.8, 4) is 0 Å². The minimum Gasteiger partial charge on any atom is -0.346 e. The van der Waals surface area contributed by atoms with Crippen molar-refractivity contribution in [1.29, 1.82) is 0 Å². The normalized spacial score (nSPS) is 33.7. The van der Waals surface area contributed by atoms with Gasteiger partial charge in [0.05, 0.1) is 5.56 Å². The van der Waals surface area contributed by atoms with Crippen molar-refractivity contribution < 1.29 is 27.8 Å². The minimum atomic E-state index is -4.33. The van der Waals surface area contributed by atoms with Crippen LogP contribution in [-0.4, -0.2) is 44.2 Å². The van der Waals surface area contributed by atoms with Gasteiger partial charge in [-0.05, 0) is 62.3 Å². The topological polar surface area (TPSA) is 50.9 Å². The number of hydrogen-bond donors (Lipinski definition) is 2. The molecule has 1 aromatic heterocycles. The minimum absolute atomic E-state index is 0.0578. The molecule has 2 heterocycles. The van der Waals surface area contributed by atoms with Crippen LogP contribution in [-0.2, 0) is 11.0 Å². The van der Waals surface area contributed by atoms with Crippen molar-refractivity contribution in [3.05, 3.63) is 23.9 Å². The third-order valence-corrected chi connectivity index (χ3v) is 7.79. The predicted molar refractivity (Wildman–Crippen MR) is 105 cm³/mol. The van der Waals surface area contributed by atoms with Gasteiger partial charge in [-0.1, -0.05) is 0 Å². The molecule has 0 radical (unpaired) electrons. The number of carbonyl (C=O) groups excluding carboxylic acids is 1. The zero-order valence-corrected chi connectivity index (χ0v) is 17.2. The van der Waals surface area contributed by atoms with Crippen molar-refractivity contribution in [2.75, 3.05) is 37.6 Å². The van der Waals surface area contributed by atoms with Crippen LogP contribution >= 0.6 is 0 Å². The van der Waals surface area contributed by atoms with Crippen LogP contribution in [0.25, 0.3) is 0 Å². The zero-order valence-electron chi connectivity index (χ0n) is 17.2. The number of aromatic amines is 1. The molecule has 164 valence electrons. The lowest BCUT2D eigenvalue weighted by Crippen LogP contribution is -3.16. The standard InChI is InChI=1S/C22H29F3N4O/c23-22(24,25)18-1-2-19(26-13-18)29-5-3-28(4-6-29)14-20(30)27-21-10-15-7-16(11-21)9-17(8-15)12-21/h1-2,13,15-17H,3-12,14H2,(H,27,30)/p+2. The number of alkyl halides is 3. The van der Waals surface area contributed by atoms with E-state index in [9.17, 15) is 18.0 Å². The Bertz CT molecular complexity index is 751. The van der Waals surface area contributed by atoms with Crippen LogP contribution in [0.15, 0.2) is 18.3 Å². The lowest BCUT2D eigenvalue weighted by Gasteiger charge is -2.56. The molecule has 4 saturated carbocycles. The fraction of sp³-hybridized carbons (Fsp3) is 0.727. The van der Waals surface area contributed by atoms with E-state index in [0.29, 0.717) is 12.4 Å². The van der Waals surface area contributed by atoms with Gasteiger partial charge in [0.1, 0.15) is 32.4 Å². The van der Waals surface area contributed by atoms with E-state index in [1.165, 1.54) is 49.5 Å². The summed E-state index contributed by atoms with van der Waals surface area (Å²) in [5.74, 6) is 3.30. The Kier molecular flexibility index (Phi) is 4.95. The Morgan fingerprint density at radius 1 is 1.10 bits per heavy atom. The SMILES string of the molecule is O=C(C[NH+]1CCN(c2ccc(C(F)(F)F)c[nH+]2)CC1)NC12CC3CC(CC(C3)C1)C2. The number of amides is 1. The first-order chi connectivity index (χ1) is 14.3. The molecule has 1 saturated heterocycles. The fourth-order valence-corrected chi connectivity index (χ4v) is 6.86. The van der Waals surface area contributed by atoms with E-state index in [0.717, 1.165) is 56.2 Å². The van der Waals surface area contributed by atoms with E-state index < -0.39 is 11.7 Å². The molecule has 0 unspecified atom stereocenters. The average molecular weight is 425 g/mol. The molecule has 1 aromatic rings. The number of piperazine rings is 1. The van der Waals surface area contributed by atoms with E-state index in [4.69, 9.17) is 0 Å². The smallest absolute Gasteiger partial charge is 0.346 e. The van der Waals surface area contributed by atoms with Crippen LogP contribution in [0.3, 0.4) is 0 Å². The summed E-state index contributed by atoms with van der Waals surface area (Å²) in [5.41, 5.74) is -0.612. The van der Waals surface area contributed by atoms with Gasteiger partial charge in [0.2, 0.25) is 0 Å². The van der Waals surface area contributed by atoms with Crippen molar-refractivity contribution in [2.24, 2.45) is 17.8 Å². The summed E-state index contributed by atoms with van der Waals surface area (Å²) in [5, 5.41) is 3.45. The van der Waals surface area contributed by atoms with Gasteiger partial charge in [0, 0.05) is 11.6 Å². The highest BCUT2D eigenvalue weighted by atomic mass is 19.4. The molecule has 3 N–H and O–H groups in total. The molecular weight excluding hydrogens is 393 g/mol. The number of aromatic nitrogens is 1. The Labute approximate surface area is 175 Å². The van der Waals surface area contributed by atoms with Crippen LogP contribution in [0.2, 0.25) is 0 Å². The van der Waals surface area contributed by atoms with E-state index in [-0.39, 0.29) is 11.4 Å². The second-order valence-corrected chi connectivity index (χ2v) is 10.1. The van der Waals surface area contributed by atoms with Crippen LogP contribution < -0.4 is 20.1 Å². The van der Waals surface area contributed by atoms with E-state index >= 15 is 0 Å². The molecule has 1 amide bonds. The van der Waals surface area contributed by atoms with Gasteiger partial charge < -0.3 is 10.2 Å². The summed E-state index contributed by atoms with van der Waals surface area (Å²) in [6.07, 6.45) is 4.28. The zero-order chi connectivity index (χ0) is 20.9. The third-order valence-electron chi connectivity index (χ3n) is 7.79. The molecule has 0 atom stereocenters. The van der Waals surface area contributed by atoms with E-state index in [1.807, 2.05) is 0 Å². The molecule has 0 spiro atoms. The van der Waals surface area contributed by atoms with Gasteiger partial charge in [-0.25, -0.2) is 4.98 Å². The summed E-state index contributed by atoms with van der Waals surface area (Å²) in [6, 6.07) is 2.61. The predicted octanol–water partition coefficient (Wildman–Crippen LogP) is 1.31. The maximum Gasteiger partial charge on any atom is 0.419 e.